The maximum absolute atomic E-state index is 14.1. The van der Waals surface area contributed by atoms with Gasteiger partial charge in [0.25, 0.3) is 10.0 Å². The van der Waals surface area contributed by atoms with Gasteiger partial charge in [0, 0.05) is 28.7 Å². The first-order valence-electron chi connectivity index (χ1n) is 12.8. The Morgan fingerprint density at radius 3 is 2.05 bits per heavy atom. The Bertz CT molecular complexity index is 1430. The molecule has 0 fully saturated rings. The average molecular weight is 625 g/mol. The Morgan fingerprint density at radius 1 is 0.875 bits per heavy atom. The fourth-order valence-electron chi connectivity index (χ4n) is 4.14. The molecule has 0 aliphatic carbocycles. The molecule has 11 heteroatoms. The molecule has 0 spiro atoms. The molecule has 3 aromatic carbocycles. The highest BCUT2D eigenvalue weighted by Gasteiger charge is 2.34. The number of carbonyl (C=O) groups excluding carboxylic acids is 2. The normalized spacial score (nSPS) is 12.1. The van der Waals surface area contributed by atoms with E-state index >= 15 is 0 Å². The van der Waals surface area contributed by atoms with E-state index in [1.165, 1.54) is 23.1 Å². The summed E-state index contributed by atoms with van der Waals surface area (Å²) in [6.07, 6.45) is 0.988. The number of para-hydroxylation sites is 1. The van der Waals surface area contributed by atoms with Crippen LogP contribution in [0.4, 0.5) is 5.69 Å². The van der Waals surface area contributed by atoms with Crippen molar-refractivity contribution in [3.05, 3.63) is 92.9 Å². The Hall–Kier alpha value is -2.78. The lowest BCUT2D eigenvalue weighted by Gasteiger charge is -2.33. The molecule has 1 atom stereocenters. The lowest BCUT2D eigenvalue weighted by atomic mass is 10.1. The maximum Gasteiger partial charge on any atom is 0.264 e. The first kappa shape index (κ1) is 31.7. The SMILES string of the molecule is CCCNC(=O)[C@H](CC)N(Cc1c(Cl)cccc1Cl)C(=O)CN(c1ccccc1Cl)S(=O)(=O)c1ccc(C)cc1. The van der Waals surface area contributed by atoms with Gasteiger partial charge < -0.3 is 10.2 Å². The van der Waals surface area contributed by atoms with E-state index in [2.05, 4.69) is 5.32 Å². The zero-order valence-corrected chi connectivity index (χ0v) is 25.6. The van der Waals surface area contributed by atoms with Crippen LogP contribution in [0.1, 0.15) is 37.8 Å². The summed E-state index contributed by atoms with van der Waals surface area (Å²) in [4.78, 5) is 28.6. The van der Waals surface area contributed by atoms with Gasteiger partial charge in [0.15, 0.2) is 0 Å². The molecule has 2 amide bonds. The van der Waals surface area contributed by atoms with Gasteiger partial charge >= 0.3 is 0 Å². The Morgan fingerprint density at radius 2 is 1.48 bits per heavy atom. The lowest BCUT2D eigenvalue weighted by Crippen LogP contribution is -2.52. The third kappa shape index (κ3) is 7.49. The second kappa shape index (κ2) is 14.2. The summed E-state index contributed by atoms with van der Waals surface area (Å²) >= 11 is 19.3. The minimum Gasteiger partial charge on any atom is -0.354 e. The number of hydrogen-bond donors (Lipinski definition) is 1. The summed E-state index contributed by atoms with van der Waals surface area (Å²) in [5.41, 5.74) is 1.47. The van der Waals surface area contributed by atoms with E-state index in [0.717, 1.165) is 9.87 Å². The number of anilines is 1. The van der Waals surface area contributed by atoms with E-state index in [-0.39, 0.29) is 34.5 Å². The smallest absolute Gasteiger partial charge is 0.264 e. The first-order valence-corrected chi connectivity index (χ1v) is 15.4. The summed E-state index contributed by atoms with van der Waals surface area (Å²) in [6.45, 7) is 5.26. The molecule has 214 valence electrons. The van der Waals surface area contributed by atoms with Gasteiger partial charge in [-0.2, -0.15) is 0 Å². The lowest BCUT2D eigenvalue weighted by molar-refractivity contribution is -0.140. The number of sulfonamides is 1. The van der Waals surface area contributed by atoms with Gasteiger partial charge in [-0.25, -0.2) is 8.42 Å². The molecule has 0 aliphatic heterocycles. The molecule has 0 aromatic heterocycles. The number of benzene rings is 3. The molecular weight excluding hydrogens is 593 g/mol. The van der Waals surface area contributed by atoms with Gasteiger partial charge in [0.1, 0.15) is 12.6 Å². The number of carbonyl (C=O) groups is 2. The van der Waals surface area contributed by atoms with E-state index < -0.39 is 28.5 Å². The number of rotatable bonds is 12. The Kier molecular flexibility index (Phi) is 11.3. The average Bonchev–Trinajstić information content (AvgIpc) is 2.92. The van der Waals surface area contributed by atoms with Crippen molar-refractivity contribution in [2.45, 2.75) is 51.1 Å². The minimum atomic E-state index is -4.23. The second-order valence-corrected chi connectivity index (χ2v) is 12.3. The third-order valence-electron chi connectivity index (χ3n) is 6.33. The summed E-state index contributed by atoms with van der Waals surface area (Å²) in [5, 5.41) is 3.64. The van der Waals surface area contributed by atoms with Crippen LogP contribution in [0.25, 0.3) is 0 Å². The fourth-order valence-corrected chi connectivity index (χ4v) is 6.38. The highest BCUT2D eigenvalue weighted by Crippen LogP contribution is 2.32. The molecule has 1 N–H and O–H groups in total. The standard InChI is InChI=1S/C29H32Cl3N3O4S/c1-4-17-33-29(37)26(5-2)34(18-22-23(30)10-8-11-24(22)31)28(36)19-35(27-12-7-6-9-25(27)32)40(38,39)21-15-13-20(3)14-16-21/h6-16,26H,4-5,17-19H2,1-3H3,(H,33,37)/t26-/m0/s1. The number of aryl methyl sites for hydroxylation is 1. The van der Waals surface area contributed by atoms with Gasteiger partial charge in [-0.15, -0.1) is 0 Å². The van der Waals surface area contributed by atoms with Gasteiger partial charge in [-0.3, -0.25) is 13.9 Å². The van der Waals surface area contributed by atoms with Gasteiger partial charge in [0.2, 0.25) is 11.8 Å². The molecule has 0 radical (unpaired) electrons. The molecule has 40 heavy (non-hydrogen) atoms. The molecule has 3 aromatic rings. The van der Waals surface area contributed by atoms with E-state index in [4.69, 9.17) is 34.8 Å². The van der Waals surface area contributed by atoms with Crippen molar-refractivity contribution in [3.63, 3.8) is 0 Å². The fraction of sp³-hybridized carbons (Fsp3) is 0.310. The molecule has 3 rings (SSSR count). The van der Waals surface area contributed by atoms with E-state index in [9.17, 15) is 18.0 Å². The number of nitrogens with one attached hydrogen (secondary N) is 1. The Balaban J connectivity index is 2.10. The van der Waals surface area contributed by atoms with Crippen LogP contribution in [0.15, 0.2) is 71.6 Å². The van der Waals surface area contributed by atoms with Crippen molar-refractivity contribution in [1.82, 2.24) is 10.2 Å². The quantitative estimate of drug-likeness (QED) is 0.250. The maximum atomic E-state index is 14.1. The predicted molar refractivity (Wildman–Crippen MR) is 162 cm³/mol. The molecular formula is C29H32Cl3N3O4S. The zero-order chi connectivity index (χ0) is 29.4. The Labute approximate surface area is 251 Å². The van der Waals surface area contributed by atoms with Crippen LogP contribution in [-0.2, 0) is 26.2 Å². The monoisotopic (exact) mass is 623 g/mol. The number of halogens is 3. The van der Waals surface area contributed by atoms with Gasteiger partial charge in [-0.1, -0.05) is 84.5 Å². The highest BCUT2D eigenvalue weighted by molar-refractivity contribution is 7.92. The third-order valence-corrected chi connectivity index (χ3v) is 9.14. The van der Waals surface area contributed by atoms with Crippen molar-refractivity contribution >= 4 is 62.3 Å². The molecule has 0 unspecified atom stereocenters. The van der Waals surface area contributed by atoms with Crippen molar-refractivity contribution in [2.24, 2.45) is 0 Å². The van der Waals surface area contributed by atoms with Crippen molar-refractivity contribution in [1.29, 1.82) is 0 Å². The number of nitrogens with zero attached hydrogens (tertiary/aromatic N) is 2. The molecule has 0 aliphatic rings. The van der Waals surface area contributed by atoms with Crippen LogP contribution in [-0.4, -0.2) is 44.3 Å². The highest BCUT2D eigenvalue weighted by atomic mass is 35.5. The van der Waals surface area contributed by atoms with Crippen molar-refractivity contribution < 1.29 is 18.0 Å². The van der Waals surface area contributed by atoms with E-state index in [1.807, 2.05) is 13.8 Å². The summed E-state index contributed by atoms with van der Waals surface area (Å²) < 4.78 is 28.8. The zero-order valence-electron chi connectivity index (χ0n) is 22.5. The van der Waals surface area contributed by atoms with Gasteiger partial charge in [0.05, 0.1) is 15.6 Å². The predicted octanol–water partition coefficient (Wildman–Crippen LogP) is 6.48. The molecule has 0 heterocycles. The van der Waals surface area contributed by atoms with Crippen LogP contribution in [0, 0.1) is 6.92 Å². The number of amides is 2. The topological polar surface area (TPSA) is 86.8 Å². The van der Waals surface area contributed by atoms with E-state index in [1.54, 1.807) is 55.5 Å². The summed E-state index contributed by atoms with van der Waals surface area (Å²) in [7, 11) is -4.23. The van der Waals surface area contributed by atoms with Crippen LogP contribution in [0.3, 0.4) is 0 Å². The first-order chi connectivity index (χ1) is 19.0. The second-order valence-electron chi connectivity index (χ2n) is 9.21. The van der Waals surface area contributed by atoms with Crippen LogP contribution >= 0.6 is 34.8 Å². The van der Waals surface area contributed by atoms with Gasteiger partial charge in [-0.05, 0) is 56.2 Å². The number of hydrogen-bond acceptors (Lipinski definition) is 4. The van der Waals surface area contributed by atoms with Crippen LogP contribution < -0.4 is 9.62 Å². The van der Waals surface area contributed by atoms with Crippen molar-refractivity contribution in [3.8, 4) is 0 Å². The molecule has 0 saturated heterocycles. The minimum absolute atomic E-state index is 0.000696. The van der Waals surface area contributed by atoms with Crippen LogP contribution in [0.2, 0.25) is 15.1 Å². The summed E-state index contributed by atoms with van der Waals surface area (Å²) in [6, 6.07) is 16.8. The summed E-state index contributed by atoms with van der Waals surface area (Å²) in [5.74, 6) is -0.975. The molecule has 0 bridgehead atoms. The van der Waals surface area contributed by atoms with Crippen molar-refractivity contribution in [2.75, 3.05) is 17.4 Å². The van der Waals surface area contributed by atoms with E-state index in [0.29, 0.717) is 28.6 Å². The molecule has 7 nitrogen and oxygen atoms in total. The van der Waals surface area contributed by atoms with Crippen LogP contribution in [0.5, 0.6) is 0 Å². The molecule has 0 saturated carbocycles. The largest absolute Gasteiger partial charge is 0.354 e.